The highest BCUT2D eigenvalue weighted by Crippen LogP contribution is 2.22. The Hall–Kier alpha value is -1.31. The molecule has 0 amide bonds. The summed E-state index contributed by atoms with van der Waals surface area (Å²) in [7, 11) is 0. The van der Waals surface area contributed by atoms with Gasteiger partial charge in [-0.05, 0) is 25.4 Å². The number of hydrogen-bond acceptors (Lipinski definition) is 5. The van der Waals surface area contributed by atoms with Gasteiger partial charge in [0, 0.05) is 6.54 Å². The largest absolute Gasteiger partial charge is 0.408 e. The van der Waals surface area contributed by atoms with Gasteiger partial charge < -0.3 is 10.6 Å². The molecule has 17 heavy (non-hydrogen) atoms. The van der Waals surface area contributed by atoms with Gasteiger partial charge in [0.2, 0.25) is 17.2 Å². The highest BCUT2D eigenvalue weighted by molar-refractivity contribution is 6.28. The number of hydrogen-bond donors (Lipinski definition) is 2. The van der Waals surface area contributed by atoms with Crippen molar-refractivity contribution in [2.45, 2.75) is 26.1 Å². The number of rotatable bonds is 4. The lowest BCUT2D eigenvalue weighted by molar-refractivity contribution is -0.138. The van der Waals surface area contributed by atoms with E-state index in [9.17, 15) is 13.2 Å². The fourth-order valence-corrected chi connectivity index (χ4v) is 1.09. The first-order chi connectivity index (χ1) is 7.82. The molecule has 0 fully saturated rings. The van der Waals surface area contributed by atoms with Crippen LogP contribution >= 0.6 is 11.6 Å². The molecule has 0 bridgehead atoms. The van der Waals surface area contributed by atoms with Crippen molar-refractivity contribution in [3.63, 3.8) is 0 Å². The summed E-state index contributed by atoms with van der Waals surface area (Å²) in [6, 6.07) is -1.77. The first-order valence-corrected chi connectivity index (χ1v) is 5.19. The van der Waals surface area contributed by atoms with E-state index >= 15 is 0 Å². The highest BCUT2D eigenvalue weighted by atomic mass is 35.5. The third-order valence-corrected chi connectivity index (χ3v) is 1.95. The number of anilines is 2. The van der Waals surface area contributed by atoms with Crippen LogP contribution in [0.3, 0.4) is 0 Å². The highest BCUT2D eigenvalue weighted by Gasteiger charge is 2.36. The molecule has 0 saturated carbocycles. The topological polar surface area (TPSA) is 62.7 Å². The standard InChI is InChI=1S/C8H11ClF3N5/c1-3-13-6-15-5(9)16-7(17-6)14-4(2)8(10,11)12/h4H,3H2,1-2H3,(H2,13,14,15,16,17)/t4-/m1/s1. The Bertz CT molecular complexity index is 384. The van der Waals surface area contributed by atoms with E-state index in [1.54, 1.807) is 6.92 Å². The zero-order valence-electron chi connectivity index (χ0n) is 9.14. The van der Waals surface area contributed by atoms with Crippen LogP contribution in [-0.2, 0) is 0 Å². The Labute approximate surface area is 101 Å². The van der Waals surface area contributed by atoms with Crippen LogP contribution in [0, 0.1) is 0 Å². The van der Waals surface area contributed by atoms with Crippen molar-refractivity contribution in [1.82, 2.24) is 15.0 Å². The molecule has 0 aliphatic carbocycles. The van der Waals surface area contributed by atoms with Crippen LogP contribution in [0.15, 0.2) is 0 Å². The van der Waals surface area contributed by atoms with E-state index in [4.69, 9.17) is 11.6 Å². The zero-order chi connectivity index (χ0) is 13.1. The molecule has 96 valence electrons. The summed E-state index contributed by atoms with van der Waals surface area (Å²) in [5.74, 6) is -0.0878. The number of nitrogens with one attached hydrogen (secondary N) is 2. The quantitative estimate of drug-likeness (QED) is 0.878. The lowest BCUT2D eigenvalue weighted by atomic mass is 10.3. The average molecular weight is 270 g/mol. The summed E-state index contributed by atoms with van der Waals surface area (Å²) < 4.78 is 36.9. The number of alkyl halides is 3. The molecule has 1 rings (SSSR count). The third-order valence-electron chi connectivity index (χ3n) is 1.78. The predicted octanol–water partition coefficient (Wildman–Crippen LogP) is 2.32. The van der Waals surface area contributed by atoms with Crippen LogP contribution in [0.2, 0.25) is 5.28 Å². The summed E-state index contributed by atoms with van der Waals surface area (Å²) in [6.45, 7) is 3.28. The Morgan fingerprint density at radius 2 is 1.82 bits per heavy atom. The van der Waals surface area contributed by atoms with Crippen molar-refractivity contribution in [3.8, 4) is 0 Å². The molecule has 2 N–H and O–H groups in total. The van der Waals surface area contributed by atoms with Crippen molar-refractivity contribution in [1.29, 1.82) is 0 Å². The van der Waals surface area contributed by atoms with Crippen molar-refractivity contribution in [2.24, 2.45) is 0 Å². The van der Waals surface area contributed by atoms with Gasteiger partial charge in [0.05, 0.1) is 0 Å². The van der Waals surface area contributed by atoms with E-state index in [0.717, 1.165) is 6.92 Å². The molecule has 1 heterocycles. The molecule has 0 aliphatic rings. The van der Waals surface area contributed by atoms with Gasteiger partial charge in [0.1, 0.15) is 6.04 Å². The Morgan fingerprint density at radius 3 is 2.35 bits per heavy atom. The van der Waals surface area contributed by atoms with Crippen molar-refractivity contribution < 1.29 is 13.2 Å². The number of aromatic nitrogens is 3. The van der Waals surface area contributed by atoms with Gasteiger partial charge in [-0.3, -0.25) is 0 Å². The summed E-state index contributed by atoms with van der Waals surface area (Å²) >= 11 is 5.56. The molecule has 0 saturated heterocycles. The van der Waals surface area contributed by atoms with Gasteiger partial charge in [-0.15, -0.1) is 0 Å². The van der Waals surface area contributed by atoms with Crippen LogP contribution < -0.4 is 10.6 Å². The van der Waals surface area contributed by atoms with Crippen molar-refractivity contribution >= 4 is 23.5 Å². The molecule has 0 aromatic carbocycles. The summed E-state index contributed by atoms with van der Waals surface area (Å²) in [5.41, 5.74) is 0. The minimum absolute atomic E-state index is 0.129. The molecular formula is C8H11ClF3N5. The molecule has 0 aliphatic heterocycles. The van der Waals surface area contributed by atoms with E-state index in [1.807, 2.05) is 0 Å². The van der Waals surface area contributed by atoms with E-state index in [2.05, 4.69) is 25.6 Å². The van der Waals surface area contributed by atoms with E-state index in [1.165, 1.54) is 0 Å². The van der Waals surface area contributed by atoms with E-state index in [0.29, 0.717) is 6.54 Å². The summed E-state index contributed by atoms with van der Waals surface area (Å²) in [4.78, 5) is 11.0. The van der Waals surface area contributed by atoms with Crippen LogP contribution in [0.4, 0.5) is 25.1 Å². The smallest absolute Gasteiger partial charge is 0.354 e. The molecule has 1 aromatic rings. The SMILES string of the molecule is CCNc1nc(Cl)nc(N[C@H](C)C(F)(F)F)n1. The Kier molecular flexibility index (Phi) is 4.33. The third kappa shape index (κ3) is 4.22. The molecule has 0 spiro atoms. The number of nitrogens with zero attached hydrogens (tertiary/aromatic N) is 3. The second-order valence-electron chi connectivity index (χ2n) is 3.19. The predicted molar refractivity (Wildman–Crippen MR) is 58.1 cm³/mol. The fraction of sp³-hybridized carbons (Fsp3) is 0.625. The fourth-order valence-electron chi connectivity index (χ4n) is 0.927. The molecule has 9 heteroatoms. The van der Waals surface area contributed by atoms with Gasteiger partial charge in [-0.25, -0.2) is 0 Å². The lowest BCUT2D eigenvalue weighted by Gasteiger charge is -2.17. The lowest BCUT2D eigenvalue weighted by Crippen LogP contribution is -2.33. The van der Waals surface area contributed by atoms with E-state index in [-0.39, 0.29) is 17.2 Å². The molecule has 5 nitrogen and oxygen atoms in total. The van der Waals surface area contributed by atoms with Crippen molar-refractivity contribution in [2.75, 3.05) is 17.2 Å². The van der Waals surface area contributed by atoms with E-state index < -0.39 is 12.2 Å². The maximum atomic E-state index is 12.3. The second kappa shape index (κ2) is 5.35. The maximum Gasteiger partial charge on any atom is 0.408 e. The average Bonchev–Trinajstić information content (AvgIpc) is 2.15. The first-order valence-electron chi connectivity index (χ1n) is 4.81. The molecular weight excluding hydrogens is 259 g/mol. The minimum atomic E-state index is -4.38. The normalized spacial score (nSPS) is 13.3. The first kappa shape index (κ1) is 13.8. The summed E-state index contributed by atoms with van der Waals surface area (Å²) in [5, 5.41) is 4.67. The van der Waals surface area contributed by atoms with Crippen LogP contribution in [0.5, 0.6) is 0 Å². The number of halogens is 4. The molecule has 0 unspecified atom stereocenters. The monoisotopic (exact) mass is 269 g/mol. The van der Waals surface area contributed by atoms with Gasteiger partial charge >= 0.3 is 6.18 Å². The summed E-state index contributed by atoms with van der Waals surface area (Å²) in [6.07, 6.45) is -4.38. The zero-order valence-corrected chi connectivity index (χ0v) is 9.89. The van der Waals surface area contributed by atoms with Gasteiger partial charge in [-0.1, -0.05) is 0 Å². The Morgan fingerprint density at radius 1 is 1.24 bits per heavy atom. The van der Waals surface area contributed by atoms with Gasteiger partial charge in [0.25, 0.3) is 0 Å². The Balaban J connectivity index is 2.84. The van der Waals surface area contributed by atoms with Crippen LogP contribution in [0.1, 0.15) is 13.8 Å². The molecule has 1 aromatic heterocycles. The van der Waals surface area contributed by atoms with Crippen LogP contribution in [0.25, 0.3) is 0 Å². The van der Waals surface area contributed by atoms with Crippen LogP contribution in [-0.4, -0.2) is 33.7 Å². The molecule has 1 atom stereocenters. The second-order valence-corrected chi connectivity index (χ2v) is 3.53. The van der Waals surface area contributed by atoms with Gasteiger partial charge in [-0.2, -0.15) is 28.1 Å². The maximum absolute atomic E-state index is 12.3. The van der Waals surface area contributed by atoms with Gasteiger partial charge in [0.15, 0.2) is 0 Å². The minimum Gasteiger partial charge on any atom is -0.354 e. The van der Waals surface area contributed by atoms with Crippen molar-refractivity contribution in [3.05, 3.63) is 5.28 Å². The molecule has 0 radical (unpaired) electrons.